The van der Waals surface area contributed by atoms with E-state index in [1.807, 2.05) is 19.1 Å². The number of aryl methyl sites for hydroxylation is 2. The minimum absolute atomic E-state index is 0.317. The molecule has 0 bridgehead atoms. The van der Waals surface area contributed by atoms with E-state index < -0.39 is 0 Å². The summed E-state index contributed by atoms with van der Waals surface area (Å²) in [4.78, 5) is 12.0. The second-order valence-electron chi connectivity index (χ2n) is 6.83. The maximum absolute atomic E-state index is 12.0. The average molecular weight is 367 g/mol. The molecule has 0 atom stereocenters. The summed E-state index contributed by atoms with van der Waals surface area (Å²) in [6.45, 7) is 8.64. The molecule has 0 unspecified atom stereocenters. The fourth-order valence-corrected chi connectivity index (χ4v) is 4.04. The number of nitrogens with zero attached hydrogens (tertiary/aromatic N) is 3. The zero-order chi connectivity index (χ0) is 18.3. The highest BCUT2D eigenvalue weighted by Crippen LogP contribution is 2.40. The van der Waals surface area contributed by atoms with Crippen molar-refractivity contribution < 1.29 is 4.42 Å². The van der Waals surface area contributed by atoms with E-state index in [0.29, 0.717) is 23.8 Å². The topological polar surface area (TPSA) is 60.9 Å². The van der Waals surface area contributed by atoms with Crippen LogP contribution in [0.5, 0.6) is 0 Å². The third-order valence-corrected chi connectivity index (χ3v) is 5.82. The molecular weight excluding hydrogens is 346 g/mol. The van der Waals surface area contributed by atoms with E-state index in [0.717, 1.165) is 27.5 Å². The van der Waals surface area contributed by atoms with Gasteiger partial charge in [-0.25, -0.2) is 4.79 Å². The highest BCUT2D eigenvalue weighted by atomic mass is 32.2. The molecule has 1 aliphatic carbocycles. The molecule has 0 radical (unpaired) electrons. The van der Waals surface area contributed by atoms with Crippen molar-refractivity contribution >= 4 is 22.7 Å². The Morgan fingerprint density at radius 3 is 2.77 bits per heavy atom. The molecule has 1 fully saturated rings. The van der Waals surface area contributed by atoms with E-state index in [-0.39, 0.29) is 5.63 Å². The minimum atomic E-state index is -0.317. The molecule has 2 aromatic heterocycles. The molecule has 1 aliphatic rings. The van der Waals surface area contributed by atoms with Crippen LogP contribution in [0.1, 0.15) is 41.3 Å². The van der Waals surface area contributed by atoms with E-state index in [4.69, 9.17) is 4.42 Å². The van der Waals surface area contributed by atoms with Crippen LogP contribution in [-0.2, 0) is 12.3 Å². The summed E-state index contributed by atoms with van der Waals surface area (Å²) in [7, 11) is 0. The molecule has 0 aliphatic heterocycles. The molecule has 1 aromatic carbocycles. The Bertz CT molecular complexity index is 1050. The molecule has 1 saturated carbocycles. The van der Waals surface area contributed by atoms with Crippen LogP contribution < -0.4 is 5.63 Å². The van der Waals surface area contributed by atoms with Crippen LogP contribution >= 0.6 is 11.8 Å². The second-order valence-corrected chi connectivity index (χ2v) is 7.77. The maximum Gasteiger partial charge on any atom is 0.336 e. The first-order valence-corrected chi connectivity index (χ1v) is 9.76. The van der Waals surface area contributed by atoms with E-state index in [1.165, 1.54) is 18.4 Å². The molecule has 5 nitrogen and oxygen atoms in total. The first-order chi connectivity index (χ1) is 12.6. The van der Waals surface area contributed by atoms with Gasteiger partial charge in [-0.05, 0) is 55.5 Å². The lowest BCUT2D eigenvalue weighted by Crippen LogP contribution is -2.04. The van der Waals surface area contributed by atoms with Crippen molar-refractivity contribution in [3.63, 3.8) is 0 Å². The van der Waals surface area contributed by atoms with Crippen LogP contribution in [0, 0.1) is 13.8 Å². The molecule has 2 heterocycles. The van der Waals surface area contributed by atoms with Crippen LogP contribution in [0.2, 0.25) is 0 Å². The maximum atomic E-state index is 12.0. The number of thioether (sulfide) groups is 1. The third kappa shape index (κ3) is 3.21. The Hall–Kier alpha value is -2.34. The number of rotatable bonds is 6. The first kappa shape index (κ1) is 17.1. The molecule has 0 amide bonds. The quantitative estimate of drug-likeness (QED) is 0.368. The summed E-state index contributed by atoms with van der Waals surface area (Å²) in [6.07, 6.45) is 4.24. The second kappa shape index (κ2) is 6.76. The Balaban J connectivity index is 1.67. The summed E-state index contributed by atoms with van der Waals surface area (Å²) in [5.74, 6) is 2.23. The van der Waals surface area contributed by atoms with E-state index in [2.05, 4.69) is 34.3 Å². The number of aromatic nitrogens is 3. The third-order valence-electron chi connectivity index (χ3n) is 4.80. The molecule has 4 rings (SSSR count). The highest BCUT2D eigenvalue weighted by Gasteiger charge is 2.30. The van der Waals surface area contributed by atoms with Gasteiger partial charge in [0.15, 0.2) is 5.16 Å². The number of hydrogen-bond acceptors (Lipinski definition) is 5. The normalized spacial score (nSPS) is 14.1. The number of fused-ring (bicyclic) bond motifs is 1. The Morgan fingerprint density at radius 2 is 2.04 bits per heavy atom. The summed E-state index contributed by atoms with van der Waals surface area (Å²) < 4.78 is 7.52. The Morgan fingerprint density at radius 1 is 1.27 bits per heavy atom. The zero-order valence-corrected chi connectivity index (χ0v) is 15.8. The van der Waals surface area contributed by atoms with Crippen LogP contribution in [0.3, 0.4) is 0 Å². The smallest absolute Gasteiger partial charge is 0.336 e. The minimum Gasteiger partial charge on any atom is -0.423 e. The average Bonchev–Trinajstić information content (AvgIpc) is 3.37. The molecule has 0 saturated heterocycles. The van der Waals surface area contributed by atoms with Crippen LogP contribution in [0.25, 0.3) is 11.0 Å². The fraction of sp³-hybridized carbons (Fsp3) is 0.350. The van der Waals surface area contributed by atoms with Crippen LogP contribution in [0.4, 0.5) is 0 Å². The number of allylic oxidation sites excluding steroid dienone is 1. The number of hydrogen-bond donors (Lipinski definition) is 0. The van der Waals surface area contributed by atoms with Crippen molar-refractivity contribution in [1.82, 2.24) is 14.8 Å². The lowest BCUT2D eigenvalue weighted by molar-refractivity contribution is 0.559. The van der Waals surface area contributed by atoms with Crippen molar-refractivity contribution in [3.8, 4) is 0 Å². The molecule has 0 N–H and O–H groups in total. The lowest BCUT2D eigenvalue weighted by Gasteiger charge is -2.09. The summed E-state index contributed by atoms with van der Waals surface area (Å²) in [6, 6.07) is 5.61. The van der Waals surface area contributed by atoms with E-state index in [1.54, 1.807) is 17.8 Å². The van der Waals surface area contributed by atoms with Crippen molar-refractivity contribution in [3.05, 3.63) is 63.8 Å². The summed E-state index contributed by atoms with van der Waals surface area (Å²) >= 11 is 1.60. The van der Waals surface area contributed by atoms with E-state index in [9.17, 15) is 4.79 Å². The van der Waals surface area contributed by atoms with Gasteiger partial charge in [-0.1, -0.05) is 17.8 Å². The molecule has 26 heavy (non-hydrogen) atoms. The SMILES string of the molecule is C=CCn1c(SCc2cc(=O)oc3cc(C)c(C)cc23)nnc1C1CC1. The van der Waals surface area contributed by atoms with Gasteiger partial charge in [0.05, 0.1) is 0 Å². The van der Waals surface area contributed by atoms with Gasteiger partial charge in [0.25, 0.3) is 0 Å². The van der Waals surface area contributed by atoms with Gasteiger partial charge in [0.1, 0.15) is 11.4 Å². The Kier molecular flexibility index (Phi) is 4.44. The molecule has 6 heteroatoms. The van der Waals surface area contributed by atoms with Crippen LogP contribution in [-0.4, -0.2) is 14.8 Å². The van der Waals surface area contributed by atoms with Crippen molar-refractivity contribution in [2.75, 3.05) is 0 Å². The molecule has 134 valence electrons. The predicted molar refractivity (Wildman–Crippen MR) is 104 cm³/mol. The Labute approximate surface area is 156 Å². The van der Waals surface area contributed by atoms with Gasteiger partial charge >= 0.3 is 5.63 Å². The molecule has 0 spiro atoms. The highest BCUT2D eigenvalue weighted by molar-refractivity contribution is 7.98. The fourth-order valence-electron chi connectivity index (χ4n) is 3.10. The number of benzene rings is 1. The van der Waals surface area contributed by atoms with Gasteiger partial charge in [0, 0.05) is 29.7 Å². The molecule has 3 aromatic rings. The lowest BCUT2D eigenvalue weighted by atomic mass is 10.0. The van der Waals surface area contributed by atoms with Gasteiger partial charge in [-0.2, -0.15) is 0 Å². The van der Waals surface area contributed by atoms with Crippen LogP contribution in [0.15, 0.2) is 45.2 Å². The predicted octanol–water partition coefficient (Wildman–Crippen LogP) is 4.36. The standard InChI is InChI=1S/C20H21N3O2S/c1-4-7-23-19(14-5-6-14)21-22-20(23)26-11-15-10-18(24)25-17-9-13(3)12(2)8-16(15)17/h4,8-10,14H,1,5-7,11H2,2-3H3. The first-order valence-electron chi connectivity index (χ1n) is 8.77. The zero-order valence-electron chi connectivity index (χ0n) is 15.0. The van der Waals surface area contributed by atoms with Crippen molar-refractivity contribution in [1.29, 1.82) is 0 Å². The van der Waals surface area contributed by atoms with Gasteiger partial charge in [-0.15, -0.1) is 16.8 Å². The van der Waals surface area contributed by atoms with Gasteiger partial charge < -0.3 is 8.98 Å². The summed E-state index contributed by atoms with van der Waals surface area (Å²) in [5.41, 5.74) is 3.59. The molecular formula is C20H21N3O2S. The van der Waals surface area contributed by atoms with Crippen molar-refractivity contribution in [2.24, 2.45) is 0 Å². The summed E-state index contributed by atoms with van der Waals surface area (Å²) in [5, 5.41) is 10.6. The van der Waals surface area contributed by atoms with Gasteiger partial charge in [-0.3, -0.25) is 0 Å². The van der Waals surface area contributed by atoms with E-state index >= 15 is 0 Å². The largest absolute Gasteiger partial charge is 0.423 e. The monoisotopic (exact) mass is 367 g/mol. The van der Waals surface area contributed by atoms with Crippen molar-refractivity contribution in [2.45, 2.75) is 50.1 Å². The van der Waals surface area contributed by atoms with Gasteiger partial charge in [0.2, 0.25) is 0 Å².